The summed E-state index contributed by atoms with van der Waals surface area (Å²) in [5.74, 6) is 0.647. The Morgan fingerprint density at radius 1 is 1.04 bits per heavy atom. The normalized spacial score (nSPS) is 10.4. The second kappa shape index (κ2) is 9.76. The number of carbonyl (C=O) groups excluding carboxylic acids is 1. The van der Waals surface area contributed by atoms with Crippen LogP contribution in [-0.4, -0.2) is 24.5 Å². The van der Waals surface area contributed by atoms with Gasteiger partial charge in [-0.1, -0.05) is 48.0 Å². The van der Waals surface area contributed by atoms with Gasteiger partial charge in [0, 0.05) is 18.1 Å². The van der Waals surface area contributed by atoms with Crippen LogP contribution in [0.3, 0.4) is 0 Å². The van der Waals surface area contributed by atoms with Gasteiger partial charge in [-0.25, -0.2) is 4.98 Å². The number of benzene rings is 2. The number of nitrogens with zero attached hydrogens (tertiary/aromatic N) is 1. The van der Waals surface area contributed by atoms with Crippen LogP contribution in [0.25, 0.3) is 0 Å². The molecule has 0 spiro atoms. The number of carbonyl (C=O) groups is 1. The fraction of sp³-hybridized carbons (Fsp3) is 0.182. The van der Waals surface area contributed by atoms with Crippen LogP contribution in [0.4, 0.5) is 5.69 Å². The fourth-order valence-corrected chi connectivity index (χ4v) is 2.99. The van der Waals surface area contributed by atoms with Gasteiger partial charge in [0.05, 0.1) is 19.0 Å². The summed E-state index contributed by atoms with van der Waals surface area (Å²) in [6, 6.07) is 18.9. The third kappa shape index (κ3) is 5.24. The summed E-state index contributed by atoms with van der Waals surface area (Å²) in [6.07, 6.45) is 2.48. The molecule has 28 heavy (non-hydrogen) atoms. The Morgan fingerprint density at radius 3 is 2.50 bits per heavy atom. The highest BCUT2D eigenvalue weighted by atomic mass is 35.5. The molecule has 0 saturated carbocycles. The Morgan fingerprint density at radius 2 is 1.79 bits per heavy atom. The zero-order valence-electron chi connectivity index (χ0n) is 15.6. The molecule has 0 radical (unpaired) electrons. The van der Waals surface area contributed by atoms with Gasteiger partial charge in [0.25, 0.3) is 5.91 Å². The number of ether oxygens (including phenoxy) is 1. The van der Waals surface area contributed by atoms with E-state index in [1.807, 2.05) is 48.5 Å². The predicted molar refractivity (Wildman–Crippen MR) is 112 cm³/mol. The minimum atomic E-state index is -0.236. The molecule has 1 aromatic heterocycles. The lowest BCUT2D eigenvalue weighted by Crippen LogP contribution is -2.23. The quantitative estimate of drug-likeness (QED) is 0.596. The molecule has 0 aliphatic rings. The zero-order valence-corrected chi connectivity index (χ0v) is 16.4. The average molecular weight is 396 g/mol. The Hall–Kier alpha value is -3.05. The Kier molecular flexibility index (Phi) is 6.87. The van der Waals surface area contributed by atoms with Gasteiger partial charge >= 0.3 is 0 Å². The zero-order chi connectivity index (χ0) is 19.8. The maximum Gasteiger partial charge on any atom is 0.270 e. The van der Waals surface area contributed by atoms with Crippen molar-refractivity contribution in [3.8, 4) is 5.75 Å². The first kappa shape index (κ1) is 19.7. The van der Waals surface area contributed by atoms with E-state index >= 15 is 0 Å². The molecule has 3 aromatic rings. The van der Waals surface area contributed by atoms with Gasteiger partial charge in [0.2, 0.25) is 0 Å². The number of para-hydroxylation sites is 1. The SMILES string of the molecule is COc1ccccc1CCNc1ccc(C(=O)NCc2ccccc2Cl)nc1. The van der Waals surface area contributed by atoms with Gasteiger partial charge in [0.1, 0.15) is 11.4 Å². The molecule has 0 fully saturated rings. The van der Waals surface area contributed by atoms with Crippen molar-refractivity contribution in [2.45, 2.75) is 13.0 Å². The van der Waals surface area contributed by atoms with Crippen molar-refractivity contribution in [2.75, 3.05) is 19.0 Å². The van der Waals surface area contributed by atoms with E-state index in [2.05, 4.69) is 15.6 Å². The van der Waals surface area contributed by atoms with Crippen LogP contribution in [0.1, 0.15) is 21.6 Å². The summed E-state index contributed by atoms with van der Waals surface area (Å²) in [4.78, 5) is 16.5. The molecular formula is C22H22ClN3O2. The molecule has 0 bridgehead atoms. The fourth-order valence-electron chi connectivity index (χ4n) is 2.79. The summed E-state index contributed by atoms with van der Waals surface area (Å²) in [6.45, 7) is 1.10. The molecule has 3 rings (SSSR count). The third-order valence-corrected chi connectivity index (χ3v) is 4.68. The number of rotatable bonds is 8. The Balaban J connectivity index is 1.50. The van der Waals surface area contributed by atoms with Gasteiger partial charge < -0.3 is 15.4 Å². The van der Waals surface area contributed by atoms with Crippen LogP contribution in [0.2, 0.25) is 5.02 Å². The molecule has 6 heteroatoms. The molecule has 2 N–H and O–H groups in total. The summed E-state index contributed by atoms with van der Waals surface area (Å²) >= 11 is 6.10. The van der Waals surface area contributed by atoms with Crippen LogP contribution in [-0.2, 0) is 13.0 Å². The van der Waals surface area contributed by atoms with Crippen molar-refractivity contribution in [2.24, 2.45) is 0 Å². The van der Waals surface area contributed by atoms with Crippen molar-refractivity contribution in [3.05, 3.63) is 88.7 Å². The highest BCUT2D eigenvalue weighted by molar-refractivity contribution is 6.31. The average Bonchev–Trinajstić information content (AvgIpc) is 2.74. The summed E-state index contributed by atoms with van der Waals surface area (Å²) in [5, 5.41) is 6.77. The molecular weight excluding hydrogens is 374 g/mol. The van der Waals surface area contributed by atoms with Crippen molar-refractivity contribution >= 4 is 23.2 Å². The van der Waals surface area contributed by atoms with E-state index in [1.54, 1.807) is 25.4 Å². The maximum absolute atomic E-state index is 12.3. The van der Waals surface area contributed by atoms with Gasteiger partial charge in [-0.15, -0.1) is 0 Å². The summed E-state index contributed by atoms with van der Waals surface area (Å²) in [5.41, 5.74) is 3.23. The van der Waals surface area contributed by atoms with E-state index in [-0.39, 0.29) is 5.91 Å². The van der Waals surface area contributed by atoms with E-state index in [0.29, 0.717) is 17.3 Å². The molecule has 5 nitrogen and oxygen atoms in total. The number of methoxy groups -OCH3 is 1. The lowest BCUT2D eigenvalue weighted by Gasteiger charge is -2.10. The van der Waals surface area contributed by atoms with Gasteiger partial charge in [-0.2, -0.15) is 0 Å². The second-order valence-electron chi connectivity index (χ2n) is 6.19. The number of aromatic nitrogens is 1. The van der Waals surface area contributed by atoms with E-state index in [4.69, 9.17) is 16.3 Å². The first-order valence-electron chi connectivity index (χ1n) is 9.01. The standard InChI is InChI=1S/C22H22ClN3O2/c1-28-21-9-5-3-6-16(21)12-13-24-18-10-11-20(25-15-18)22(27)26-14-17-7-2-4-8-19(17)23/h2-11,15,24H,12-14H2,1H3,(H,26,27). The lowest BCUT2D eigenvalue weighted by atomic mass is 10.1. The van der Waals surface area contributed by atoms with E-state index in [9.17, 15) is 4.79 Å². The van der Waals surface area contributed by atoms with E-state index in [0.717, 1.165) is 35.5 Å². The lowest BCUT2D eigenvalue weighted by molar-refractivity contribution is 0.0946. The highest BCUT2D eigenvalue weighted by Gasteiger charge is 2.08. The molecule has 0 aliphatic carbocycles. The van der Waals surface area contributed by atoms with Crippen LogP contribution < -0.4 is 15.4 Å². The molecule has 144 valence electrons. The third-order valence-electron chi connectivity index (χ3n) is 4.31. The summed E-state index contributed by atoms with van der Waals surface area (Å²) < 4.78 is 5.36. The molecule has 0 saturated heterocycles. The van der Waals surface area contributed by atoms with Crippen molar-refractivity contribution in [3.63, 3.8) is 0 Å². The van der Waals surface area contributed by atoms with Crippen LogP contribution >= 0.6 is 11.6 Å². The van der Waals surface area contributed by atoms with Crippen LogP contribution in [0.5, 0.6) is 5.75 Å². The molecule has 2 aromatic carbocycles. The van der Waals surface area contributed by atoms with Crippen molar-refractivity contribution in [1.82, 2.24) is 10.3 Å². The van der Waals surface area contributed by atoms with Gasteiger partial charge in [-0.3, -0.25) is 4.79 Å². The van der Waals surface area contributed by atoms with Gasteiger partial charge in [-0.05, 0) is 41.8 Å². The minimum Gasteiger partial charge on any atom is -0.496 e. The summed E-state index contributed by atoms with van der Waals surface area (Å²) in [7, 11) is 1.67. The molecule has 0 atom stereocenters. The number of hydrogen-bond acceptors (Lipinski definition) is 4. The van der Waals surface area contributed by atoms with Gasteiger partial charge in [0.15, 0.2) is 0 Å². The number of pyridine rings is 1. The Bertz CT molecular complexity index is 929. The van der Waals surface area contributed by atoms with Crippen molar-refractivity contribution < 1.29 is 9.53 Å². The minimum absolute atomic E-state index is 0.236. The molecule has 1 heterocycles. The van der Waals surface area contributed by atoms with Crippen LogP contribution in [0, 0.1) is 0 Å². The monoisotopic (exact) mass is 395 g/mol. The Labute approximate surface area is 169 Å². The maximum atomic E-state index is 12.3. The van der Waals surface area contributed by atoms with Crippen molar-refractivity contribution in [1.29, 1.82) is 0 Å². The van der Waals surface area contributed by atoms with Crippen LogP contribution in [0.15, 0.2) is 66.9 Å². The number of amides is 1. The van der Waals surface area contributed by atoms with E-state index in [1.165, 1.54) is 0 Å². The largest absolute Gasteiger partial charge is 0.496 e. The first-order valence-corrected chi connectivity index (χ1v) is 9.38. The molecule has 0 unspecified atom stereocenters. The number of nitrogens with one attached hydrogen (secondary N) is 2. The second-order valence-corrected chi connectivity index (χ2v) is 6.60. The van der Waals surface area contributed by atoms with E-state index < -0.39 is 0 Å². The number of anilines is 1. The first-order chi connectivity index (χ1) is 13.7. The predicted octanol–water partition coefficient (Wildman–Crippen LogP) is 4.33. The molecule has 1 amide bonds. The molecule has 0 aliphatic heterocycles. The highest BCUT2D eigenvalue weighted by Crippen LogP contribution is 2.18. The smallest absolute Gasteiger partial charge is 0.270 e. The topological polar surface area (TPSA) is 63.2 Å². The number of hydrogen-bond donors (Lipinski definition) is 2. The number of halogens is 1.